The summed E-state index contributed by atoms with van der Waals surface area (Å²) in [6.45, 7) is 10.7. The summed E-state index contributed by atoms with van der Waals surface area (Å²) < 4.78 is 113. The number of nitrogens with one attached hydrogen (secondary N) is 3. The number of nitrogens with zero attached hydrogens (tertiary/aromatic N) is 3. The predicted molar refractivity (Wildman–Crippen MR) is 316 cm³/mol. The number of carbonyl (C=O) groups is 3. The van der Waals surface area contributed by atoms with Gasteiger partial charge in [-0.15, -0.1) is 0 Å². The molecule has 0 saturated carbocycles. The maximum Gasteiger partial charge on any atom is 0.313 e. The Bertz CT molecular complexity index is 2720. The van der Waals surface area contributed by atoms with Gasteiger partial charge in [-0.2, -0.15) is 8.78 Å². The molecule has 1 aliphatic rings. The van der Waals surface area contributed by atoms with E-state index in [1.807, 2.05) is 66.4 Å². The zero-order valence-electron chi connectivity index (χ0n) is 48.6. The number of aliphatic imine (C=N–C) groups is 2. The molecule has 5 rings (SSSR count). The summed E-state index contributed by atoms with van der Waals surface area (Å²) in [7, 11) is 0. The Morgan fingerprint density at radius 2 is 1.12 bits per heavy atom. The second kappa shape index (κ2) is 41.9. The maximum absolute atomic E-state index is 14.0. The Kier molecular flexibility index (Phi) is 33.9. The first kappa shape index (κ1) is 69.7. The first-order valence-corrected chi connectivity index (χ1v) is 28.5. The number of esters is 1. The number of ether oxygens (including phenoxy) is 11. The lowest BCUT2D eigenvalue weighted by atomic mass is 10.0. The van der Waals surface area contributed by atoms with Crippen LogP contribution in [-0.4, -0.2) is 193 Å². The molecule has 472 valence electrons. The number of benzene rings is 4. The number of para-hydroxylation sites is 1. The highest BCUT2D eigenvalue weighted by molar-refractivity contribution is 6.08. The van der Waals surface area contributed by atoms with Crippen molar-refractivity contribution in [3.8, 4) is 5.75 Å². The average molecular weight is 1210 g/mol. The van der Waals surface area contributed by atoms with Gasteiger partial charge in [-0.3, -0.25) is 19.4 Å². The van der Waals surface area contributed by atoms with Crippen molar-refractivity contribution < 1.29 is 84.1 Å². The van der Waals surface area contributed by atoms with Crippen LogP contribution in [0.5, 0.6) is 5.75 Å². The molecule has 2 amide bonds. The van der Waals surface area contributed by atoms with Crippen molar-refractivity contribution >= 4 is 58.4 Å². The fraction of sp³-hybridized carbons (Fsp3) is 0.483. The lowest BCUT2D eigenvalue weighted by Crippen LogP contribution is -2.36. The molecule has 26 heteroatoms. The predicted octanol–water partition coefficient (Wildman–Crippen LogP) is 6.70. The number of rotatable bonds is 44. The monoisotopic (exact) mass is 1210 g/mol. The minimum Gasteiger partial charge on any atom is -0.420 e. The standard InChI is InChI=1S/C60H80F4N8O14/c1-2-17-72(59(75)46-39-44-12-13-45(40-52(44)71-53(66)41-46)58(74)69-48-9-4-3-5-10-48)18-7-15-67-60(70-49-11-6-8-47(65)42-49)68-16-20-77-22-24-79-26-28-81-30-32-83-34-36-85-38-37-84-35-33-82-31-29-80-27-25-78-23-21-76-19-14-54(73)86-57-55(63)50(61)43-51(62)56(57)64/h3-6,8-13,39-40,42-43H,2,7,14-38,41,65H2,1H3,(H2,66,71)(H,69,74)(H2,67,68,70). The van der Waals surface area contributed by atoms with E-state index >= 15 is 0 Å². The van der Waals surface area contributed by atoms with Crippen LogP contribution in [0, 0.1) is 23.3 Å². The summed E-state index contributed by atoms with van der Waals surface area (Å²) in [5, 5.41) is 9.50. The molecule has 0 fully saturated rings. The van der Waals surface area contributed by atoms with Crippen LogP contribution in [0.3, 0.4) is 0 Å². The van der Waals surface area contributed by atoms with Gasteiger partial charge < -0.3 is 84.4 Å². The number of fused-ring (bicyclic) bond motifs is 1. The van der Waals surface area contributed by atoms with Crippen molar-refractivity contribution in [3.63, 3.8) is 0 Å². The van der Waals surface area contributed by atoms with Crippen LogP contribution in [0.25, 0.3) is 6.08 Å². The summed E-state index contributed by atoms with van der Waals surface area (Å²) in [6, 6.07) is 21.7. The molecule has 1 heterocycles. The Morgan fingerprint density at radius 1 is 0.593 bits per heavy atom. The van der Waals surface area contributed by atoms with Gasteiger partial charge in [0.2, 0.25) is 23.3 Å². The first-order chi connectivity index (χ1) is 41.9. The summed E-state index contributed by atoms with van der Waals surface area (Å²) >= 11 is 0. The van der Waals surface area contributed by atoms with Gasteiger partial charge in [-0.25, -0.2) is 13.8 Å². The molecule has 4 aromatic carbocycles. The molecule has 22 nitrogen and oxygen atoms in total. The highest BCUT2D eigenvalue weighted by Gasteiger charge is 2.24. The molecule has 86 heavy (non-hydrogen) atoms. The molecule has 0 aliphatic carbocycles. The van der Waals surface area contributed by atoms with Gasteiger partial charge >= 0.3 is 5.97 Å². The van der Waals surface area contributed by atoms with E-state index in [0.717, 1.165) is 12.1 Å². The van der Waals surface area contributed by atoms with E-state index in [2.05, 4.69) is 25.7 Å². The smallest absolute Gasteiger partial charge is 0.313 e. The van der Waals surface area contributed by atoms with Crippen LogP contribution in [0.4, 0.5) is 40.3 Å². The van der Waals surface area contributed by atoms with Crippen LogP contribution in [-0.2, 0) is 57.0 Å². The molecule has 0 saturated heterocycles. The number of nitrogen functional groups attached to an aromatic ring is 1. The van der Waals surface area contributed by atoms with Crippen LogP contribution in [0.1, 0.15) is 48.5 Å². The van der Waals surface area contributed by atoms with Crippen molar-refractivity contribution in [2.45, 2.75) is 32.6 Å². The number of guanidine groups is 1. The van der Waals surface area contributed by atoms with Crippen molar-refractivity contribution in [1.29, 1.82) is 0 Å². The van der Waals surface area contributed by atoms with Crippen molar-refractivity contribution in [1.82, 2.24) is 10.2 Å². The molecular formula is C60H80F4N8O14. The van der Waals surface area contributed by atoms with E-state index < -0.39 is 41.4 Å². The number of anilines is 3. The van der Waals surface area contributed by atoms with Crippen LogP contribution in [0.2, 0.25) is 0 Å². The minimum absolute atomic E-state index is 0.0148. The second-order valence-corrected chi connectivity index (χ2v) is 18.7. The van der Waals surface area contributed by atoms with E-state index in [1.54, 1.807) is 24.3 Å². The third-order valence-electron chi connectivity index (χ3n) is 12.0. The van der Waals surface area contributed by atoms with Gasteiger partial charge in [0.05, 0.1) is 144 Å². The molecule has 0 unspecified atom stereocenters. The molecule has 0 bridgehead atoms. The minimum atomic E-state index is -1.80. The Hall–Kier alpha value is -7.11. The normalized spacial score (nSPS) is 12.3. The van der Waals surface area contributed by atoms with Crippen LogP contribution in [0.15, 0.2) is 94.4 Å². The van der Waals surface area contributed by atoms with Crippen molar-refractivity contribution in [2.75, 3.05) is 175 Å². The Morgan fingerprint density at radius 3 is 1.65 bits per heavy atom. The van der Waals surface area contributed by atoms with Gasteiger partial charge in [0.25, 0.3) is 5.91 Å². The molecule has 0 aromatic heterocycles. The summed E-state index contributed by atoms with van der Waals surface area (Å²) in [5.41, 5.74) is 16.6. The van der Waals surface area contributed by atoms with Gasteiger partial charge in [-0.05, 0) is 61.4 Å². The summed E-state index contributed by atoms with van der Waals surface area (Å²) in [4.78, 5) is 49.9. The fourth-order valence-corrected chi connectivity index (χ4v) is 7.81. The van der Waals surface area contributed by atoms with E-state index in [1.165, 1.54) is 0 Å². The second-order valence-electron chi connectivity index (χ2n) is 18.7. The molecule has 1 aliphatic heterocycles. The molecular weight excluding hydrogens is 1130 g/mol. The van der Waals surface area contributed by atoms with Gasteiger partial charge in [-0.1, -0.05) is 37.3 Å². The average Bonchev–Trinajstić information content (AvgIpc) is 3.51. The highest BCUT2D eigenvalue weighted by Crippen LogP contribution is 2.30. The van der Waals surface area contributed by atoms with Gasteiger partial charge in [0, 0.05) is 72.4 Å². The SMILES string of the molecule is CCCN(CCC/N=C(/NCCOCCOCCOCCOCCOCCOCCOCCOCCOCCOCCC(=O)Oc1c(F)c(F)cc(F)c1F)Nc1cccc(N)c1)C(=O)C1=Cc2ccc(C(=O)Nc3ccccc3)cc2N=C(N)C1. The van der Waals surface area contributed by atoms with E-state index in [0.29, 0.717) is 178 Å². The van der Waals surface area contributed by atoms with Gasteiger partial charge in [0.1, 0.15) is 5.84 Å². The molecule has 0 spiro atoms. The summed E-state index contributed by atoms with van der Waals surface area (Å²) in [6.07, 6.45) is 2.93. The number of hydrogen-bond acceptors (Lipinski definition) is 18. The zero-order chi connectivity index (χ0) is 61.4. The van der Waals surface area contributed by atoms with E-state index in [4.69, 9.17) is 63.8 Å². The van der Waals surface area contributed by atoms with Gasteiger partial charge in [0.15, 0.2) is 17.6 Å². The van der Waals surface area contributed by atoms with E-state index in [9.17, 15) is 31.9 Å². The molecule has 0 atom stereocenters. The Balaban J connectivity index is 0.807. The molecule has 4 aromatic rings. The third kappa shape index (κ3) is 27.9. The number of halogens is 4. The lowest BCUT2D eigenvalue weighted by molar-refractivity contribution is -0.136. The summed E-state index contributed by atoms with van der Waals surface area (Å²) in [5.74, 6) is -9.12. The number of hydrogen-bond donors (Lipinski definition) is 5. The number of amides is 2. The molecule has 7 N–H and O–H groups in total. The van der Waals surface area contributed by atoms with Crippen LogP contribution >= 0.6 is 0 Å². The van der Waals surface area contributed by atoms with Crippen molar-refractivity contribution in [2.24, 2.45) is 15.7 Å². The largest absolute Gasteiger partial charge is 0.420 e. The first-order valence-electron chi connectivity index (χ1n) is 28.5. The van der Waals surface area contributed by atoms with Crippen LogP contribution < -0.4 is 32.2 Å². The highest BCUT2D eigenvalue weighted by atomic mass is 19.2. The maximum atomic E-state index is 14.0. The zero-order valence-corrected chi connectivity index (χ0v) is 48.6. The lowest BCUT2D eigenvalue weighted by Gasteiger charge is -2.23. The number of amidine groups is 1. The number of carbonyl (C=O) groups excluding carboxylic acids is 3. The quantitative estimate of drug-likeness (QED) is 0.00450. The number of nitrogens with two attached hydrogens (primary N) is 2. The Labute approximate surface area is 498 Å². The molecule has 0 radical (unpaired) electrons. The van der Waals surface area contributed by atoms with E-state index in [-0.39, 0.29) is 56.6 Å². The fourth-order valence-electron chi connectivity index (χ4n) is 7.81. The topological polar surface area (TPSA) is 269 Å². The van der Waals surface area contributed by atoms with Crippen molar-refractivity contribution in [3.05, 3.63) is 119 Å². The third-order valence-corrected chi connectivity index (χ3v) is 12.0.